The molecule has 2 aliphatic rings. The Morgan fingerprint density at radius 2 is 2.03 bits per heavy atom. The number of nitrogens with zero attached hydrogens (tertiary/aromatic N) is 4. The molecular weight excluding hydrogens is 421 g/mol. The first kappa shape index (κ1) is 21.5. The van der Waals surface area contributed by atoms with Gasteiger partial charge in [0.1, 0.15) is 17.7 Å². The fourth-order valence-electron chi connectivity index (χ4n) is 4.48. The minimum Gasteiger partial charge on any atom is -0.368 e. The Bertz CT molecular complexity index is 1120. The highest BCUT2D eigenvalue weighted by molar-refractivity contribution is 5.81. The predicted molar refractivity (Wildman–Crippen MR) is 122 cm³/mol. The van der Waals surface area contributed by atoms with Crippen LogP contribution >= 0.6 is 0 Å². The number of rotatable bonds is 5. The number of likely N-dealkylation sites (tertiary alicyclic amines) is 1. The molecule has 2 atom stereocenters. The van der Waals surface area contributed by atoms with E-state index in [1.165, 1.54) is 12.1 Å². The summed E-state index contributed by atoms with van der Waals surface area (Å²) in [6, 6.07) is 11.6. The number of ether oxygens (including phenoxy) is 1. The molecule has 0 radical (unpaired) electrons. The lowest BCUT2D eigenvalue weighted by Gasteiger charge is -2.36. The lowest BCUT2D eigenvalue weighted by molar-refractivity contribution is -0.145. The highest BCUT2D eigenvalue weighted by Crippen LogP contribution is 2.33. The number of hydrogen-bond acceptors (Lipinski definition) is 6. The monoisotopic (exact) mass is 447 g/mol. The molecule has 1 N–H and O–H groups in total. The second-order valence-corrected chi connectivity index (χ2v) is 8.42. The van der Waals surface area contributed by atoms with Crippen LogP contribution in [0.1, 0.15) is 44.0 Å². The maximum atomic E-state index is 13.7. The standard InChI is InChI=1S/C25H26FN5O2/c26-18-7-3-8-19(14-18)28-23-15-20(17-6-4-11-27-16-17)29-24(30-23)21-9-1-2-12-31(21)25(32)22-10-5-13-33-22/h3-4,6-8,11,14-16,21-22H,1-2,5,9-10,12-13H2,(H,28,29,30). The number of anilines is 2. The van der Waals surface area contributed by atoms with Crippen LogP contribution in [-0.4, -0.2) is 45.0 Å². The summed E-state index contributed by atoms with van der Waals surface area (Å²) in [7, 11) is 0. The second-order valence-electron chi connectivity index (χ2n) is 8.42. The van der Waals surface area contributed by atoms with Crippen molar-refractivity contribution < 1.29 is 13.9 Å². The molecule has 0 spiro atoms. The molecule has 1 amide bonds. The van der Waals surface area contributed by atoms with Gasteiger partial charge in [-0.05, 0) is 62.4 Å². The molecule has 0 saturated carbocycles. The van der Waals surface area contributed by atoms with Crippen LogP contribution in [0.5, 0.6) is 0 Å². The van der Waals surface area contributed by atoms with Crippen molar-refractivity contribution in [3.05, 3.63) is 66.5 Å². The van der Waals surface area contributed by atoms with Crippen LogP contribution in [0.25, 0.3) is 11.3 Å². The number of carbonyl (C=O) groups is 1. The van der Waals surface area contributed by atoms with E-state index in [0.29, 0.717) is 36.2 Å². The fourth-order valence-corrected chi connectivity index (χ4v) is 4.48. The summed E-state index contributed by atoms with van der Waals surface area (Å²) < 4.78 is 19.4. The quantitative estimate of drug-likeness (QED) is 0.613. The fraction of sp³-hybridized carbons (Fsp3) is 0.360. The van der Waals surface area contributed by atoms with Gasteiger partial charge < -0.3 is 15.0 Å². The summed E-state index contributed by atoms with van der Waals surface area (Å²) in [6.07, 6.45) is 7.47. The van der Waals surface area contributed by atoms with Gasteiger partial charge in [0, 0.05) is 42.9 Å². The maximum Gasteiger partial charge on any atom is 0.252 e. The van der Waals surface area contributed by atoms with Crippen molar-refractivity contribution in [3.63, 3.8) is 0 Å². The zero-order valence-corrected chi connectivity index (χ0v) is 18.3. The first-order valence-corrected chi connectivity index (χ1v) is 11.4. The van der Waals surface area contributed by atoms with E-state index in [-0.39, 0.29) is 23.9 Å². The van der Waals surface area contributed by atoms with E-state index in [9.17, 15) is 9.18 Å². The molecule has 0 bridgehead atoms. The van der Waals surface area contributed by atoms with Crippen molar-refractivity contribution in [2.24, 2.45) is 0 Å². The lowest BCUT2D eigenvalue weighted by Crippen LogP contribution is -2.44. The number of benzene rings is 1. The molecule has 2 fully saturated rings. The Labute approximate surface area is 192 Å². The van der Waals surface area contributed by atoms with Crippen LogP contribution in [0.2, 0.25) is 0 Å². The van der Waals surface area contributed by atoms with Crippen LogP contribution in [0.4, 0.5) is 15.9 Å². The van der Waals surface area contributed by atoms with Gasteiger partial charge in [0.15, 0.2) is 5.82 Å². The molecule has 3 aromatic rings. The third-order valence-electron chi connectivity index (χ3n) is 6.09. The lowest BCUT2D eigenvalue weighted by atomic mass is 9.99. The van der Waals surface area contributed by atoms with Gasteiger partial charge in [-0.15, -0.1) is 0 Å². The molecule has 1 aromatic carbocycles. The van der Waals surface area contributed by atoms with Gasteiger partial charge in [-0.3, -0.25) is 9.78 Å². The van der Waals surface area contributed by atoms with E-state index in [2.05, 4.69) is 10.3 Å². The van der Waals surface area contributed by atoms with Crippen LogP contribution in [0.15, 0.2) is 54.9 Å². The molecule has 5 rings (SSSR count). The summed E-state index contributed by atoms with van der Waals surface area (Å²) in [5, 5.41) is 3.19. The van der Waals surface area contributed by atoms with Crippen molar-refractivity contribution in [2.75, 3.05) is 18.5 Å². The van der Waals surface area contributed by atoms with E-state index >= 15 is 0 Å². The number of halogens is 1. The Morgan fingerprint density at radius 3 is 2.82 bits per heavy atom. The smallest absolute Gasteiger partial charge is 0.252 e. The normalized spacial score (nSPS) is 20.6. The zero-order valence-electron chi connectivity index (χ0n) is 18.3. The Kier molecular flexibility index (Phi) is 6.26. The number of amides is 1. The molecule has 2 unspecified atom stereocenters. The third-order valence-corrected chi connectivity index (χ3v) is 6.09. The van der Waals surface area contributed by atoms with Gasteiger partial charge in [0.25, 0.3) is 5.91 Å². The minimum absolute atomic E-state index is 0.0206. The van der Waals surface area contributed by atoms with Gasteiger partial charge in [0.2, 0.25) is 0 Å². The maximum absolute atomic E-state index is 13.7. The molecule has 8 heteroatoms. The van der Waals surface area contributed by atoms with Gasteiger partial charge in [0.05, 0.1) is 11.7 Å². The third kappa shape index (κ3) is 4.85. The molecule has 0 aliphatic carbocycles. The number of nitrogens with one attached hydrogen (secondary N) is 1. The summed E-state index contributed by atoms with van der Waals surface area (Å²) in [4.78, 5) is 28.9. The molecule has 2 aliphatic heterocycles. The Morgan fingerprint density at radius 1 is 1.09 bits per heavy atom. The molecule has 170 valence electrons. The number of pyridine rings is 1. The average molecular weight is 448 g/mol. The average Bonchev–Trinajstić information content (AvgIpc) is 3.39. The largest absolute Gasteiger partial charge is 0.368 e. The highest BCUT2D eigenvalue weighted by atomic mass is 19.1. The summed E-state index contributed by atoms with van der Waals surface area (Å²) in [5.74, 6) is 0.801. The molecule has 7 nitrogen and oxygen atoms in total. The van der Waals surface area contributed by atoms with Crippen molar-refractivity contribution in [1.82, 2.24) is 19.9 Å². The first-order chi connectivity index (χ1) is 16.2. The van der Waals surface area contributed by atoms with Gasteiger partial charge in [-0.25, -0.2) is 14.4 Å². The minimum atomic E-state index is -0.378. The predicted octanol–water partition coefficient (Wildman–Crippen LogP) is 4.65. The molecule has 4 heterocycles. The van der Waals surface area contributed by atoms with Crippen molar-refractivity contribution in [3.8, 4) is 11.3 Å². The number of hydrogen-bond donors (Lipinski definition) is 1. The summed E-state index contributed by atoms with van der Waals surface area (Å²) >= 11 is 0. The van der Waals surface area contributed by atoms with Crippen LogP contribution in [0.3, 0.4) is 0 Å². The van der Waals surface area contributed by atoms with E-state index in [0.717, 1.165) is 37.7 Å². The van der Waals surface area contributed by atoms with Gasteiger partial charge in [-0.1, -0.05) is 6.07 Å². The number of aromatic nitrogens is 3. The van der Waals surface area contributed by atoms with Crippen LogP contribution in [0, 0.1) is 5.82 Å². The Hall–Kier alpha value is -3.39. The van der Waals surface area contributed by atoms with E-state index in [1.54, 1.807) is 24.5 Å². The van der Waals surface area contributed by atoms with E-state index < -0.39 is 0 Å². The summed E-state index contributed by atoms with van der Waals surface area (Å²) in [6.45, 7) is 1.29. The van der Waals surface area contributed by atoms with E-state index in [4.69, 9.17) is 14.7 Å². The highest BCUT2D eigenvalue weighted by Gasteiger charge is 2.36. The SMILES string of the molecule is O=C(C1CCCO1)N1CCCCC1c1nc(Nc2cccc(F)c2)cc(-c2cccnc2)n1. The topological polar surface area (TPSA) is 80.2 Å². The Balaban J connectivity index is 1.52. The van der Waals surface area contributed by atoms with Crippen LogP contribution in [-0.2, 0) is 9.53 Å². The van der Waals surface area contributed by atoms with Gasteiger partial charge >= 0.3 is 0 Å². The van der Waals surface area contributed by atoms with Crippen molar-refractivity contribution >= 4 is 17.4 Å². The first-order valence-electron chi connectivity index (χ1n) is 11.4. The van der Waals surface area contributed by atoms with Gasteiger partial charge in [-0.2, -0.15) is 0 Å². The summed E-state index contributed by atoms with van der Waals surface area (Å²) in [5.41, 5.74) is 2.13. The second kappa shape index (κ2) is 9.62. The number of carbonyl (C=O) groups excluding carboxylic acids is 1. The van der Waals surface area contributed by atoms with E-state index in [1.807, 2.05) is 23.1 Å². The van der Waals surface area contributed by atoms with Crippen molar-refractivity contribution in [1.29, 1.82) is 0 Å². The molecule has 2 aromatic heterocycles. The van der Waals surface area contributed by atoms with Crippen molar-refractivity contribution in [2.45, 2.75) is 44.2 Å². The molecule has 33 heavy (non-hydrogen) atoms. The molecular formula is C25H26FN5O2. The number of piperidine rings is 1. The zero-order chi connectivity index (χ0) is 22.6. The van der Waals surface area contributed by atoms with Crippen LogP contribution < -0.4 is 5.32 Å². The molecule has 2 saturated heterocycles.